The average molecular weight is 543 g/mol. The Hall–Kier alpha value is -3.86. The number of aliphatic imine (C=N–C) groups is 1. The number of aromatic amines is 1. The summed E-state index contributed by atoms with van der Waals surface area (Å²) in [5, 5.41) is 16.6. The van der Waals surface area contributed by atoms with E-state index in [1.54, 1.807) is 0 Å². The molecule has 0 aliphatic heterocycles. The predicted molar refractivity (Wildman–Crippen MR) is 136 cm³/mol. The molecule has 206 valence electrons. The Labute approximate surface area is 218 Å². The van der Waals surface area contributed by atoms with Gasteiger partial charge in [-0.25, -0.2) is 9.78 Å². The van der Waals surface area contributed by atoms with Crippen molar-refractivity contribution in [3.63, 3.8) is 0 Å². The van der Waals surface area contributed by atoms with Gasteiger partial charge >= 0.3 is 5.97 Å². The quantitative estimate of drug-likeness (QED) is 0.0394. The van der Waals surface area contributed by atoms with Crippen LogP contribution in [0.2, 0.25) is 0 Å². The fourth-order valence-corrected chi connectivity index (χ4v) is 3.32. The van der Waals surface area contributed by atoms with Gasteiger partial charge in [-0.15, -0.1) is 0 Å². The van der Waals surface area contributed by atoms with E-state index in [4.69, 9.17) is 22.9 Å². The largest absolute Gasteiger partial charge is 0.480 e. The summed E-state index contributed by atoms with van der Waals surface area (Å²) in [6.07, 6.45) is 2.92. The molecule has 0 aromatic carbocycles. The number of carboxylic acid groups (broad SMARTS) is 1. The molecule has 1 heterocycles. The standard InChI is InChI=1S/C20H34N10O6S/c21-11(6-10-7-25-9-27-10)16(32)28-12(3-4-15(22)31)17(33)30-14(8-37)18(34)29-13(19(35)36)2-1-5-26-20(23)24/h7,9,11-14,37H,1-6,8,21H2,(H2,22,31)(H,25,27)(H,28,32)(H,29,34)(H,30,33)(H,35,36)(H4,23,24,26). The van der Waals surface area contributed by atoms with Crippen LogP contribution in [0.3, 0.4) is 0 Å². The zero-order valence-electron chi connectivity index (χ0n) is 20.1. The van der Waals surface area contributed by atoms with Gasteiger partial charge in [0.1, 0.15) is 18.1 Å². The Morgan fingerprint density at radius 2 is 1.62 bits per heavy atom. The number of carbonyl (C=O) groups is 5. The Morgan fingerprint density at radius 3 is 2.16 bits per heavy atom. The lowest BCUT2D eigenvalue weighted by molar-refractivity contribution is -0.142. The van der Waals surface area contributed by atoms with Crippen molar-refractivity contribution in [2.45, 2.75) is 56.3 Å². The van der Waals surface area contributed by atoms with Crippen molar-refractivity contribution in [1.29, 1.82) is 0 Å². The van der Waals surface area contributed by atoms with Gasteiger partial charge in [0.15, 0.2) is 5.96 Å². The number of imidazole rings is 1. The minimum Gasteiger partial charge on any atom is -0.480 e. The summed E-state index contributed by atoms with van der Waals surface area (Å²) < 4.78 is 0. The Morgan fingerprint density at radius 1 is 1.00 bits per heavy atom. The van der Waals surface area contributed by atoms with E-state index < -0.39 is 53.8 Å². The van der Waals surface area contributed by atoms with E-state index in [0.717, 1.165) is 0 Å². The summed E-state index contributed by atoms with van der Waals surface area (Å²) >= 11 is 4.06. The summed E-state index contributed by atoms with van der Waals surface area (Å²) in [4.78, 5) is 71.3. The van der Waals surface area contributed by atoms with Gasteiger partial charge in [-0.1, -0.05) is 0 Å². The number of aliphatic carboxylic acids is 1. The van der Waals surface area contributed by atoms with E-state index in [2.05, 4.69) is 43.5 Å². The molecule has 4 unspecified atom stereocenters. The predicted octanol–water partition coefficient (Wildman–Crippen LogP) is -3.93. The maximum Gasteiger partial charge on any atom is 0.326 e. The highest BCUT2D eigenvalue weighted by Gasteiger charge is 2.30. The number of nitrogens with two attached hydrogens (primary N) is 4. The molecule has 1 aromatic rings. The number of thiol groups is 1. The Balaban J connectivity index is 2.82. The van der Waals surface area contributed by atoms with Crippen molar-refractivity contribution in [2.75, 3.05) is 12.3 Å². The molecule has 16 nitrogen and oxygen atoms in total. The van der Waals surface area contributed by atoms with Crippen molar-refractivity contribution in [3.05, 3.63) is 18.2 Å². The number of nitrogens with one attached hydrogen (secondary N) is 4. The number of hydrogen-bond donors (Lipinski definition) is 10. The van der Waals surface area contributed by atoms with Crippen molar-refractivity contribution in [2.24, 2.45) is 27.9 Å². The second-order valence-electron chi connectivity index (χ2n) is 8.05. The van der Waals surface area contributed by atoms with Crippen LogP contribution < -0.4 is 38.9 Å². The second-order valence-corrected chi connectivity index (χ2v) is 8.41. The number of amides is 4. The van der Waals surface area contributed by atoms with Crippen LogP contribution in [0.4, 0.5) is 0 Å². The number of H-pyrrole nitrogens is 1. The van der Waals surface area contributed by atoms with Gasteiger partial charge in [0.25, 0.3) is 0 Å². The SMILES string of the molecule is NC(=O)CCC(NC(=O)C(N)Cc1cnc[nH]1)C(=O)NC(CS)C(=O)NC(CCCN=C(N)N)C(=O)O. The lowest BCUT2D eigenvalue weighted by Gasteiger charge is -2.24. The molecule has 37 heavy (non-hydrogen) atoms. The second kappa shape index (κ2) is 16.0. The number of primary amides is 1. The van der Waals surface area contributed by atoms with Gasteiger partial charge < -0.3 is 49.0 Å². The molecule has 0 radical (unpaired) electrons. The highest BCUT2D eigenvalue weighted by molar-refractivity contribution is 7.80. The maximum absolute atomic E-state index is 12.9. The third kappa shape index (κ3) is 12.1. The van der Waals surface area contributed by atoms with Crippen LogP contribution in [0.1, 0.15) is 31.4 Å². The van der Waals surface area contributed by atoms with Gasteiger partial charge in [-0.3, -0.25) is 24.2 Å². The highest BCUT2D eigenvalue weighted by Crippen LogP contribution is 2.04. The average Bonchev–Trinajstić information content (AvgIpc) is 3.34. The van der Waals surface area contributed by atoms with Crippen molar-refractivity contribution >= 4 is 48.2 Å². The first-order chi connectivity index (χ1) is 17.4. The van der Waals surface area contributed by atoms with Gasteiger partial charge in [-0.05, 0) is 19.3 Å². The van der Waals surface area contributed by atoms with E-state index >= 15 is 0 Å². The third-order valence-corrected chi connectivity index (χ3v) is 5.38. The van der Waals surface area contributed by atoms with Crippen LogP contribution in [0.5, 0.6) is 0 Å². The molecule has 17 heteroatoms. The monoisotopic (exact) mass is 542 g/mol. The molecule has 1 rings (SSSR count). The molecular weight excluding hydrogens is 508 g/mol. The minimum absolute atomic E-state index is 0.0244. The van der Waals surface area contributed by atoms with Gasteiger partial charge in [0.05, 0.1) is 12.4 Å². The smallest absolute Gasteiger partial charge is 0.326 e. The molecule has 4 amide bonds. The lowest BCUT2D eigenvalue weighted by atomic mass is 10.1. The summed E-state index contributed by atoms with van der Waals surface area (Å²) in [5.41, 5.74) is 22.1. The zero-order chi connectivity index (χ0) is 28.0. The van der Waals surface area contributed by atoms with Crippen LogP contribution in [-0.2, 0) is 30.4 Å². The normalized spacial score (nSPS) is 13.9. The van der Waals surface area contributed by atoms with Gasteiger partial charge in [-0.2, -0.15) is 12.6 Å². The molecule has 0 saturated heterocycles. The number of carbonyl (C=O) groups excluding carboxylic acids is 4. The number of hydrogen-bond acceptors (Lipinski definition) is 9. The minimum atomic E-state index is -1.29. The van der Waals surface area contributed by atoms with E-state index in [1.807, 2.05) is 0 Å². The lowest BCUT2D eigenvalue weighted by Crippen LogP contribution is -2.58. The number of nitrogens with zero attached hydrogens (tertiary/aromatic N) is 2. The summed E-state index contributed by atoms with van der Waals surface area (Å²) in [6.45, 7) is 0.165. The molecule has 0 aliphatic carbocycles. The third-order valence-electron chi connectivity index (χ3n) is 5.02. The molecule has 0 aliphatic rings. The number of carboxylic acids is 1. The van der Waals surface area contributed by atoms with Crippen molar-refractivity contribution < 1.29 is 29.1 Å². The Bertz CT molecular complexity index is 953. The van der Waals surface area contributed by atoms with Crippen LogP contribution in [0.25, 0.3) is 0 Å². The van der Waals surface area contributed by atoms with E-state index in [1.165, 1.54) is 12.5 Å². The first-order valence-electron chi connectivity index (χ1n) is 11.3. The van der Waals surface area contributed by atoms with Crippen LogP contribution in [0.15, 0.2) is 17.5 Å². The van der Waals surface area contributed by atoms with E-state index in [-0.39, 0.29) is 50.4 Å². The topological polar surface area (TPSA) is 287 Å². The number of rotatable bonds is 17. The number of guanidine groups is 1. The molecule has 0 saturated carbocycles. The number of aromatic nitrogens is 2. The van der Waals surface area contributed by atoms with Crippen LogP contribution >= 0.6 is 12.6 Å². The highest BCUT2D eigenvalue weighted by atomic mass is 32.1. The maximum atomic E-state index is 12.9. The fourth-order valence-electron chi connectivity index (χ4n) is 3.06. The van der Waals surface area contributed by atoms with Crippen LogP contribution in [-0.4, -0.2) is 87.1 Å². The van der Waals surface area contributed by atoms with E-state index in [0.29, 0.717) is 5.69 Å². The van der Waals surface area contributed by atoms with Gasteiger partial charge in [0.2, 0.25) is 23.6 Å². The molecule has 0 fully saturated rings. The Kier molecular flexibility index (Phi) is 13.5. The zero-order valence-corrected chi connectivity index (χ0v) is 20.9. The molecule has 1 aromatic heterocycles. The molecule has 13 N–H and O–H groups in total. The molecule has 4 atom stereocenters. The summed E-state index contributed by atoms with van der Waals surface area (Å²) in [6, 6.07) is -4.81. The van der Waals surface area contributed by atoms with E-state index in [9.17, 15) is 29.1 Å². The van der Waals surface area contributed by atoms with Crippen molar-refractivity contribution in [3.8, 4) is 0 Å². The molecule has 0 spiro atoms. The molecule has 0 bridgehead atoms. The first-order valence-corrected chi connectivity index (χ1v) is 11.9. The van der Waals surface area contributed by atoms with Gasteiger partial charge in [0, 0.05) is 37.0 Å². The summed E-state index contributed by atoms with van der Waals surface area (Å²) in [7, 11) is 0. The molecular formula is C20H34N10O6S. The first kappa shape index (κ1) is 31.2. The summed E-state index contributed by atoms with van der Waals surface area (Å²) in [5.74, 6) is -4.63. The fraction of sp³-hybridized carbons (Fsp3) is 0.550. The van der Waals surface area contributed by atoms with Crippen molar-refractivity contribution in [1.82, 2.24) is 25.9 Å². The van der Waals surface area contributed by atoms with Crippen LogP contribution in [0, 0.1) is 0 Å².